The second-order valence-electron chi connectivity index (χ2n) is 2.05. The van der Waals surface area contributed by atoms with Crippen LogP contribution in [0.25, 0.3) is 10.3 Å². The molecule has 0 aromatic carbocycles. The first-order chi connectivity index (χ1) is 4.77. The number of rotatable bonds is 0. The molecule has 0 aliphatic heterocycles. The lowest BCUT2D eigenvalue weighted by molar-refractivity contribution is 1.27. The van der Waals surface area contributed by atoms with Crippen LogP contribution in [0, 0.1) is 11.7 Å². The molecule has 2 heterocycles. The average Bonchev–Trinajstić information content (AvgIpc) is 2.35. The Bertz CT molecular complexity index is 408. The van der Waals surface area contributed by atoms with E-state index in [1.54, 1.807) is 0 Å². The smallest absolute Gasteiger partial charge is 0.176 e. The van der Waals surface area contributed by atoms with Gasteiger partial charge >= 0.3 is 0 Å². The molecule has 0 bridgehead atoms. The highest BCUT2D eigenvalue weighted by atomic mass is 32.1. The molecule has 2 N–H and O–H groups in total. The van der Waals surface area contributed by atoms with Gasteiger partial charge in [0.1, 0.15) is 4.83 Å². The molecule has 0 saturated heterocycles. The zero-order chi connectivity index (χ0) is 7.14. The Labute approximate surface area is 66.3 Å². The van der Waals surface area contributed by atoms with Crippen LogP contribution in [-0.2, 0) is 0 Å². The van der Waals surface area contributed by atoms with Crippen LogP contribution < -0.4 is 0 Å². The molecule has 2 aromatic rings. The zero-order valence-corrected chi connectivity index (χ0v) is 6.90. The lowest BCUT2D eigenvalue weighted by Crippen LogP contribution is -1.68. The fourth-order valence-electron chi connectivity index (χ4n) is 0.850. The van der Waals surface area contributed by atoms with Crippen molar-refractivity contribution in [3.63, 3.8) is 0 Å². The number of hydrogen-bond acceptors (Lipinski definition) is 3. The Balaban J connectivity index is 3.03. The second kappa shape index (κ2) is 1.90. The Morgan fingerprint density at radius 3 is 3.00 bits per heavy atom. The molecule has 5 heteroatoms. The van der Waals surface area contributed by atoms with E-state index in [2.05, 4.69) is 14.3 Å². The summed E-state index contributed by atoms with van der Waals surface area (Å²) >= 11 is 6.33. The second-order valence-corrected chi connectivity index (χ2v) is 3.23. The summed E-state index contributed by atoms with van der Waals surface area (Å²) in [6, 6.07) is 0. The first-order valence-corrected chi connectivity index (χ1v) is 4.00. The highest BCUT2D eigenvalue weighted by Crippen LogP contribution is 2.17. The Hall–Kier alpha value is -0.680. The van der Waals surface area contributed by atoms with E-state index in [0.717, 1.165) is 16.0 Å². The van der Waals surface area contributed by atoms with Gasteiger partial charge in [-0.2, -0.15) is 4.37 Å². The Morgan fingerprint density at radius 2 is 2.30 bits per heavy atom. The summed E-state index contributed by atoms with van der Waals surface area (Å²) in [7, 11) is 0. The predicted molar refractivity (Wildman–Crippen MR) is 43.9 cm³/mol. The third kappa shape index (κ3) is 0.708. The molecule has 3 nitrogen and oxygen atoms in total. The minimum absolute atomic E-state index is 0.673. The van der Waals surface area contributed by atoms with E-state index in [1.165, 1.54) is 11.5 Å². The molecule has 0 spiro atoms. The van der Waals surface area contributed by atoms with Crippen molar-refractivity contribution in [2.24, 2.45) is 0 Å². The maximum absolute atomic E-state index is 4.89. The molecule has 52 valence electrons. The maximum atomic E-state index is 4.89. The summed E-state index contributed by atoms with van der Waals surface area (Å²) in [5, 5.41) is 0. The topological polar surface area (TPSA) is 44.5 Å². The van der Waals surface area contributed by atoms with Crippen molar-refractivity contribution in [1.82, 2.24) is 14.3 Å². The lowest BCUT2D eigenvalue weighted by Gasteiger charge is -1.74. The standard InChI is InChI=1S/C5H5N3S2/c1-2-3-4(10-8-2)7-5(9)6-3/h1H3,(H2,6,7,9). The minimum atomic E-state index is 0.673. The van der Waals surface area contributed by atoms with Crippen LogP contribution >= 0.6 is 23.8 Å². The molecule has 2 rings (SSSR count). The van der Waals surface area contributed by atoms with Gasteiger partial charge in [0.25, 0.3) is 0 Å². The van der Waals surface area contributed by atoms with Crippen LogP contribution in [0.5, 0.6) is 0 Å². The van der Waals surface area contributed by atoms with Crippen LogP contribution in [0.1, 0.15) is 5.69 Å². The summed E-state index contributed by atoms with van der Waals surface area (Å²) in [5.41, 5.74) is 2.04. The molecule has 2 aromatic heterocycles. The summed E-state index contributed by atoms with van der Waals surface area (Å²) in [6.45, 7) is 1.96. The molecule has 0 aliphatic carbocycles. The molecular weight excluding hydrogens is 166 g/mol. The van der Waals surface area contributed by atoms with E-state index in [-0.39, 0.29) is 0 Å². The Kier molecular flexibility index (Phi) is 1.15. The van der Waals surface area contributed by atoms with Crippen LogP contribution in [0.2, 0.25) is 0 Å². The molecule has 0 fully saturated rings. The van der Waals surface area contributed by atoms with Gasteiger partial charge in [0.15, 0.2) is 4.77 Å². The first-order valence-electron chi connectivity index (χ1n) is 2.81. The Morgan fingerprint density at radius 1 is 1.50 bits per heavy atom. The normalized spacial score (nSPS) is 10.9. The monoisotopic (exact) mass is 171 g/mol. The fourth-order valence-corrected chi connectivity index (χ4v) is 1.88. The van der Waals surface area contributed by atoms with Crippen molar-refractivity contribution in [3.05, 3.63) is 10.5 Å². The van der Waals surface area contributed by atoms with Crippen LogP contribution in [0.3, 0.4) is 0 Å². The molecular formula is C5H5N3S2. The van der Waals surface area contributed by atoms with E-state index in [9.17, 15) is 0 Å². The van der Waals surface area contributed by atoms with E-state index in [4.69, 9.17) is 12.2 Å². The van der Waals surface area contributed by atoms with Gasteiger partial charge in [-0.3, -0.25) is 0 Å². The maximum Gasteiger partial charge on any atom is 0.176 e. The van der Waals surface area contributed by atoms with Crippen LogP contribution in [0.4, 0.5) is 0 Å². The number of aromatic nitrogens is 3. The predicted octanol–water partition coefficient (Wildman–Crippen LogP) is 1.99. The first kappa shape index (κ1) is 6.06. The van der Waals surface area contributed by atoms with Crippen molar-refractivity contribution in [2.75, 3.05) is 0 Å². The molecule has 10 heavy (non-hydrogen) atoms. The van der Waals surface area contributed by atoms with E-state index < -0.39 is 0 Å². The van der Waals surface area contributed by atoms with Gasteiger partial charge in [0.2, 0.25) is 0 Å². The fraction of sp³-hybridized carbons (Fsp3) is 0.200. The number of imidazole rings is 1. The summed E-state index contributed by atoms with van der Waals surface area (Å²) < 4.78 is 4.80. The zero-order valence-electron chi connectivity index (χ0n) is 5.26. The quantitative estimate of drug-likeness (QED) is 0.595. The van der Waals surface area contributed by atoms with Crippen LogP contribution in [-0.4, -0.2) is 14.3 Å². The van der Waals surface area contributed by atoms with E-state index in [0.29, 0.717) is 4.77 Å². The molecule has 0 radical (unpaired) electrons. The highest BCUT2D eigenvalue weighted by molar-refractivity contribution is 7.71. The van der Waals surface area contributed by atoms with Crippen molar-refractivity contribution in [2.45, 2.75) is 6.92 Å². The number of aromatic amines is 2. The van der Waals surface area contributed by atoms with E-state index >= 15 is 0 Å². The van der Waals surface area contributed by atoms with Crippen LogP contribution in [0.15, 0.2) is 0 Å². The van der Waals surface area contributed by atoms with Crippen molar-refractivity contribution >= 4 is 34.1 Å². The van der Waals surface area contributed by atoms with Gasteiger partial charge in [0, 0.05) is 0 Å². The highest BCUT2D eigenvalue weighted by Gasteiger charge is 2.01. The molecule has 0 amide bonds. The van der Waals surface area contributed by atoms with Gasteiger partial charge < -0.3 is 9.97 Å². The van der Waals surface area contributed by atoms with E-state index in [1.807, 2.05) is 6.92 Å². The molecule has 0 unspecified atom stereocenters. The lowest BCUT2D eigenvalue weighted by atomic mass is 10.4. The minimum Gasteiger partial charge on any atom is -0.328 e. The van der Waals surface area contributed by atoms with Gasteiger partial charge in [0.05, 0.1) is 11.2 Å². The number of nitrogens with one attached hydrogen (secondary N) is 2. The summed E-state index contributed by atoms with van der Waals surface area (Å²) in [5.74, 6) is 0. The van der Waals surface area contributed by atoms with Crippen molar-refractivity contribution in [3.8, 4) is 0 Å². The summed E-state index contributed by atoms with van der Waals surface area (Å²) in [6.07, 6.45) is 0. The third-order valence-corrected chi connectivity index (χ3v) is 2.39. The number of H-pyrrole nitrogens is 2. The van der Waals surface area contributed by atoms with Crippen molar-refractivity contribution < 1.29 is 0 Å². The molecule has 0 saturated carbocycles. The number of hydrogen-bond donors (Lipinski definition) is 2. The van der Waals surface area contributed by atoms with Gasteiger partial charge in [-0.05, 0) is 30.7 Å². The number of fused-ring (bicyclic) bond motifs is 1. The molecule has 0 aliphatic rings. The average molecular weight is 171 g/mol. The number of aryl methyl sites for hydroxylation is 1. The third-order valence-electron chi connectivity index (χ3n) is 1.33. The van der Waals surface area contributed by atoms with Crippen molar-refractivity contribution in [1.29, 1.82) is 0 Å². The summed E-state index contributed by atoms with van der Waals surface area (Å²) in [4.78, 5) is 7.04. The SMILES string of the molecule is Cc1nsc2[nH]c(=S)[nH]c12. The van der Waals surface area contributed by atoms with Gasteiger partial charge in [-0.1, -0.05) is 0 Å². The largest absolute Gasteiger partial charge is 0.328 e. The number of nitrogens with zero attached hydrogens (tertiary/aromatic N) is 1. The van der Waals surface area contributed by atoms with Gasteiger partial charge in [-0.15, -0.1) is 0 Å². The van der Waals surface area contributed by atoms with Gasteiger partial charge in [-0.25, -0.2) is 0 Å². The molecule has 0 atom stereocenters.